The van der Waals surface area contributed by atoms with Crippen molar-refractivity contribution in [2.24, 2.45) is 41.4 Å². The molecule has 7 atom stereocenters. The molecule has 1 saturated heterocycles. The van der Waals surface area contributed by atoms with Crippen molar-refractivity contribution >= 4 is 34.9 Å². The highest BCUT2D eigenvalue weighted by Crippen LogP contribution is 2.40. The molecule has 1 aromatic rings. The lowest BCUT2D eigenvalue weighted by molar-refractivity contribution is -0.144. The highest BCUT2D eigenvalue weighted by molar-refractivity contribution is 6.38. The molecule has 1 aliphatic carbocycles. The number of carbonyl (C=O) groups is 6. The molecule has 10 heteroatoms. The lowest BCUT2D eigenvalue weighted by atomic mass is 9.83. The second-order valence-corrected chi connectivity index (χ2v) is 13.9. The maximum absolute atomic E-state index is 14.2. The summed E-state index contributed by atoms with van der Waals surface area (Å²) in [6, 6.07) is -1.66. The van der Waals surface area contributed by atoms with E-state index in [2.05, 4.69) is 15.3 Å². The number of allylic oxidation sites excluding steroid dienone is 1. The zero-order valence-electron chi connectivity index (χ0n) is 28.5. The van der Waals surface area contributed by atoms with Gasteiger partial charge in [-0.25, -0.2) is 4.98 Å². The first kappa shape index (κ1) is 36.9. The molecule has 0 spiro atoms. The zero-order chi connectivity index (χ0) is 34.1. The van der Waals surface area contributed by atoms with Crippen LogP contribution in [0.15, 0.2) is 30.7 Å². The monoisotopic (exact) mass is 636 g/mol. The molecule has 1 aromatic heterocycles. The Morgan fingerprint density at radius 1 is 0.957 bits per heavy atom. The fourth-order valence-electron chi connectivity index (χ4n) is 6.66. The van der Waals surface area contributed by atoms with E-state index in [-0.39, 0.29) is 72.0 Å². The van der Waals surface area contributed by atoms with Gasteiger partial charge in [-0.05, 0) is 42.4 Å². The van der Waals surface area contributed by atoms with Crippen LogP contribution >= 0.6 is 0 Å². The molecule has 0 bridgehead atoms. The first-order valence-corrected chi connectivity index (χ1v) is 17.0. The van der Waals surface area contributed by atoms with Crippen molar-refractivity contribution in [3.8, 4) is 0 Å². The van der Waals surface area contributed by atoms with Gasteiger partial charge in [0.05, 0.1) is 12.2 Å². The van der Waals surface area contributed by atoms with Crippen LogP contribution in [0, 0.1) is 41.4 Å². The Balaban J connectivity index is 1.81. The number of nitrogens with one attached hydrogen (secondary N) is 1. The first-order chi connectivity index (χ1) is 21.8. The molecule has 1 aliphatic heterocycles. The van der Waals surface area contributed by atoms with Gasteiger partial charge < -0.3 is 10.2 Å². The molecule has 0 radical (unpaired) electrons. The molecule has 0 saturated carbocycles. The van der Waals surface area contributed by atoms with Crippen molar-refractivity contribution < 1.29 is 28.8 Å². The molecule has 0 aromatic carbocycles. The summed E-state index contributed by atoms with van der Waals surface area (Å²) in [5, 5.41) is 2.93. The molecule has 3 rings (SSSR count). The van der Waals surface area contributed by atoms with E-state index in [1.807, 2.05) is 60.6 Å². The maximum atomic E-state index is 14.2. The van der Waals surface area contributed by atoms with Crippen LogP contribution in [0.25, 0.3) is 0 Å². The molecule has 2 unspecified atom stereocenters. The van der Waals surface area contributed by atoms with E-state index in [4.69, 9.17) is 0 Å². The number of ketones is 4. The third-order valence-corrected chi connectivity index (χ3v) is 9.69. The van der Waals surface area contributed by atoms with Crippen LogP contribution in [0.3, 0.4) is 0 Å². The van der Waals surface area contributed by atoms with Crippen LogP contribution in [-0.4, -0.2) is 68.4 Å². The molecular weight excluding hydrogens is 584 g/mol. The first-order valence-electron chi connectivity index (χ1n) is 17.0. The number of carbonyl (C=O) groups excluding carboxylic acids is 6. The van der Waals surface area contributed by atoms with Gasteiger partial charge in [-0.15, -0.1) is 0 Å². The van der Waals surface area contributed by atoms with Gasteiger partial charge in [-0.3, -0.25) is 33.8 Å². The van der Waals surface area contributed by atoms with E-state index in [0.29, 0.717) is 25.8 Å². The summed E-state index contributed by atoms with van der Waals surface area (Å²) < 4.78 is 0. The Kier molecular flexibility index (Phi) is 13.5. The van der Waals surface area contributed by atoms with Crippen LogP contribution in [0.4, 0.5) is 0 Å². The van der Waals surface area contributed by atoms with Crippen LogP contribution < -0.4 is 5.32 Å². The van der Waals surface area contributed by atoms with Crippen molar-refractivity contribution in [2.45, 2.75) is 105 Å². The Labute approximate surface area is 273 Å². The number of rotatable bonds is 18. The molecule has 46 heavy (non-hydrogen) atoms. The van der Waals surface area contributed by atoms with Crippen molar-refractivity contribution in [3.05, 3.63) is 36.4 Å². The van der Waals surface area contributed by atoms with Crippen molar-refractivity contribution in [1.29, 1.82) is 0 Å². The van der Waals surface area contributed by atoms with Crippen molar-refractivity contribution in [1.82, 2.24) is 20.2 Å². The van der Waals surface area contributed by atoms with E-state index in [9.17, 15) is 28.8 Å². The number of amides is 2. The number of likely N-dealkylation sites (tertiary alicyclic amines) is 1. The number of hydrogen-bond acceptors (Lipinski definition) is 8. The van der Waals surface area contributed by atoms with Gasteiger partial charge in [0.25, 0.3) is 0 Å². The normalized spacial score (nSPS) is 21.5. The van der Waals surface area contributed by atoms with E-state index in [1.54, 1.807) is 4.90 Å². The number of Topliss-reactive ketones (excluding diaryl/α,β-unsaturated/α-hetero) is 4. The minimum Gasteiger partial charge on any atom is -0.344 e. The Hall–Kier alpha value is -3.56. The maximum Gasteiger partial charge on any atom is 0.246 e. The average molecular weight is 637 g/mol. The Bertz CT molecular complexity index is 1290. The minimum atomic E-state index is -0.913. The Morgan fingerprint density at radius 2 is 1.67 bits per heavy atom. The summed E-state index contributed by atoms with van der Waals surface area (Å²) in [6.45, 7) is 13.6. The van der Waals surface area contributed by atoms with Crippen LogP contribution in [0.2, 0.25) is 0 Å². The molecule has 1 N–H and O–H groups in total. The van der Waals surface area contributed by atoms with Crippen molar-refractivity contribution in [3.63, 3.8) is 0 Å². The van der Waals surface area contributed by atoms with Gasteiger partial charge in [0.1, 0.15) is 11.7 Å². The van der Waals surface area contributed by atoms with E-state index in [0.717, 1.165) is 6.42 Å². The SMILES string of the molecule is CCCC(CC(=O)C1[C@H]2CC=C[C@H]2CN1C(=O)[C@@H](NC(=O)[C@H](CC(=O)c1cnccn1)C(C)C)C(C)C)C(=O)C(=O)C[C@@H](C)CC. The van der Waals surface area contributed by atoms with Gasteiger partial charge in [0, 0.05) is 50.0 Å². The van der Waals surface area contributed by atoms with Crippen LogP contribution in [-0.2, 0) is 24.0 Å². The smallest absolute Gasteiger partial charge is 0.246 e. The molecule has 2 aliphatic rings. The summed E-state index contributed by atoms with van der Waals surface area (Å²) in [5.41, 5.74) is 0.178. The standard InChI is InChI=1S/C36H52N4O6/c1-8-11-24(34(44)31(43)16-23(7)9-2)17-30(42)33-26-13-10-12-25(26)20-40(33)36(46)32(22(5)6)39-35(45)27(21(3)4)18-29(41)28-19-37-14-15-38-28/h10,12,14-15,19,21-27,32-33H,8-9,11,13,16-18,20H2,1-7H3,(H,39,45)/t23-,24?,25-,26-,27+,32-,33?/m0/s1. The third-order valence-electron chi connectivity index (χ3n) is 9.69. The second kappa shape index (κ2) is 16.8. The molecule has 10 nitrogen and oxygen atoms in total. The largest absolute Gasteiger partial charge is 0.344 e. The number of hydrogen-bond donors (Lipinski definition) is 1. The van der Waals surface area contributed by atoms with Gasteiger partial charge in [-0.1, -0.05) is 73.5 Å². The third kappa shape index (κ3) is 9.04. The zero-order valence-corrected chi connectivity index (χ0v) is 28.5. The fraction of sp³-hybridized carbons (Fsp3) is 0.667. The van der Waals surface area contributed by atoms with Gasteiger partial charge >= 0.3 is 0 Å². The lowest BCUT2D eigenvalue weighted by Gasteiger charge is -2.33. The van der Waals surface area contributed by atoms with Gasteiger partial charge in [0.2, 0.25) is 17.6 Å². The predicted octanol–water partition coefficient (Wildman–Crippen LogP) is 4.82. The summed E-state index contributed by atoms with van der Waals surface area (Å²) in [5.74, 6) is -4.11. The molecular formula is C36H52N4O6. The number of nitrogens with zero attached hydrogens (tertiary/aromatic N) is 3. The summed E-state index contributed by atoms with van der Waals surface area (Å²) >= 11 is 0. The minimum absolute atomic E-state index is 0.00166. The summed E-state index contributed by atoms with van der Waals surface area (Å²) in [4.78, 5) is 90.4. The number of fused-ring (bicyclic) bond motifs is 1. The quantitative estimate of drug-likeness (QED) is 0.137. The lowest BCUT2D eigenvalue weighted by Crippen LogP contribution is -2.56. The van der Waals surface area contributed by atoms with Gasteiger partial charge in [-0.2, -0.15) is 0 Å². The molecule has 2 amide bonds. The fourth-order valence-corrected chi connectivity index (χ4v) is 6.66. The summed E-state index contributed by atoms with van der Waals surface area (Å²) in [7, 11) is 0. The van der Waals surface area contributed by atoms with Crippen molar-refractivity contribution in [2.75, 3.05) is 6.54 Å². The second-order valence-electron chi connectivity index (χ2n) is 13.9. The van der Waals surface area contributed by atoms with Crippen LogP contribution in [0.5, 0.6) is 0 Å². The molecule has 2 heterocycles. The van der Waals surface area contributed by atoms with E-state index in [1.165, 1.54) is 18.6 Å². The van der Waals surface area contributed by atoms with Crippen LogP contribution in [0.1, 0.15) is 104 Å². The summed E-state index contributed by atoms with van der Waals surface area (Å²) in [6.07, 6.45) is 10.8. The van der Waals surface area contributed by atoms with E-state index >= 15 is 0 Å². The molecule has 252 valence electrons. The number of aromatic nitrogens is 2. The predicted molar refractivity (Wildman–Crippen MR) is 174 cm³/mol. The van der Waals surface area contributed by atoms with Gasteiger partial charge in [0.15, 0.2) is 17.3 Å². The Morgan fingerprint density at radius 3 is 2.26 bits per heavy atom. The highest BCUT2D eigenvalue weighted by atomic mass is 16.2. The molecule has 1 fully saturated rings. The average Bonchev–Trinajstić information content (AvgIpc) is 3.63. The topological polar surface area (TPSA) is 143 Å². The van der Waals surface area contributed by atoms with E-state index < -0.39 is 41.4 Å². The highest BCUT2D eigenvalue weighted by Gasteiger charge is 2.50.